The molecule has 0 unspecified atom stereocenters. The molecule has 0 spiro atoms. The molecule has 3 N–H and O–H groups in total. The van der Waals surface area contributed by atoms with Crippen LogP contribution in [0.15, 0.2) is 54.7 Å². The normalized spacial score (nSPS) is 15.9. The van der Waals surface area contributed by atoms with Crippen molar-refractivity contribution in [3.8, 4) is 0 Å². The number of halogens is 2. The molecule has 1 atom stereocenters. The van der Waals surface area contributed by atoms with Crippen LogP contribution in [0.5, 0.6) is 0 Å². The Morgan fingerprint density at radius 1 is 0.972 bits per heavy atom. The highest BCUT2D eigenvalue weighted by Crippen LogP contribution is 2.37. The smallest absolute Gasteiger partial charge is 0.315 e. The number of urea groups is 1. The molecule has 10 heteroatoms. The van der Waals surface area contributed by atoms with Gasteiger partial charge < -0.3 is 16.0 Å². The molecule has 0 aliphatic heterocycles. The summed E-state index contributed by atoms with van der Waals surface area (Å²) < 4.78 is 26.6. The second kappa shape index (κ2) is 12.9. The number of hydrogen-bond donors (Lipinski definition) is 3. The summed E-state index contributed by atoms with van der Waals surface area (Å²) in [6.07, 6.45) is 1.83. The Hall–Kier alpha value is -3.69. The third-order valence-corrected chi connectivity index (χ3v) is 6.08. The third kappa shape index (κ3) is 8.83. The van der Waals surface area contributed by atoms with E-state index in [-0.39, 0.29) is 63.3 Å². The quantitative estimate of drug-likeness (QED) is 0.410. The Kier molecular flexibility index (Phi) is 9.61. The Bertz CT molecular complexity index is 1040. The maximum absolute atomic E-state index is 13.3. The SMILES string of the molecule is O=C(CNC(=O)N[C@H](Cc1ccccc1)C(=O)C(=O)NCc1ccccn1)CC1CCC(F)(F)CC1. The number of nitrogens with zero attached hydrogens (tertiary/aromatic N) is 1. The first kappa shape index (κ1) is 26.9. The fourth-order valence-corrected chi connectivity index (χ4v) is 4.06. The minimum absolute atomic E-state index is 0.0528. The summed E-state index contributed by atoms with van der Waals surface area (Å²) in [4.78, 5) is 54.1. The summed E-state index contributed by atoms with van der Waals surface area (Å²) in [6.45, 7) is -0.242. The van der Waals surface area contributed by atoms with E-state index >= 15 is 0 Å². The molecule has 192 valence electrons. The van der Waals surface area contributed by atoms with Crippen LogP contribution >= 0.6 is 0 Å². The van der Waals surface area contributed by atoms with Crippen molar-refractivity contribution in [2.75, 3.05) is 6.54 Å². The highest BCUT2D eigenvalue weighted by Gasteiger charge is 2.35. The predicted molar refractivity (Wildman–Crippen MR) is 128 cm³/mol. The standard InChI is InChI=1S/C26H30F2N4O4/c27-26(28)11-9-19(10-12-26)14-21(33)17-31-25(36)32-22(15-18-6-2-1-3-7-18)23(34)24(35)30-16-20-8-4-5-13-29-20/h1-8,13,19,22H,9-12,14-17H2,(H,30,35)(H2,31,32,36)/t22-/m1/s1. The molecular formula is C26H30F2N4O4. The van der Waals surface area contributed by atoms with Crippen LogP contribution in [0.1, 0.15) is 43.4 Å². The largest absolute Gasteiger partial charge is 0.344 e. The maximum atomic E-state index is 13.3. The number of aromatic nitrogens is 1. The van der Waals surface area contributed by atoms with Gasteiger partial charge in [-0.25, -0.2) is 13.6 Å². The molecule has 3 amide bonds. The van der Waals surface area contributed by atoms with Gasteiger partial charge in [0.2, 0.25) is 11.7 Å². The Morgan fingerprint density at radius 2 is 1.67 bits per heavy atom. The van der Waals surface area contributed by atoms with Gasteiger partial charge in [-0.05, 0) is 36.5 Å². The Morgan fingerprint density at radius 3 is 2.33 bits per heavy atom. The van der Waals surface area contributed by atoms with Crippen LogP contribution in [0, 0.1) is 5.92 Å². The number of carbonyl (C=O) groups is 4. The number of pyridine rings is 1. The lowest BCUT2D eigenvalue weighted by Gasteiger charge is -2.27. The first-order valence-corrected chi connectivity index (χ1v) is 11.9. The number of rotatable bonds is 11. The van der Waals surface area contributed by atoms with E-state index in [9.17, 15) is 28.0 Å². The van der Waals surface area contributed by atoms with Crippen molar-refractivity contribution >= 4 is 23.5 Å². The zero-order chi connectivity index (χ0) is 26.0. The van der Waals surface area contributed by atoms with Crippen LogP contribution in [-0.2, 0) is 27.3 Å². The van der Waals surface area contributed by atoms with Gasteiger partial charge in [0, 0.05) is 31.9 Å². The molecule has 1 fully saturated rings. The lowest BCUT2D eigenvalue weighted by Crippen LogP contribution is -2.52. The number of benzene rings is 1. The highest BCUT2D eigenvalue weighted by molar-refractivity contribution is 6.38. The molecule has 3 rings (SSSR count). The number of ketones is 2. The molecule has 1 aliphatic carbocycles. The minimum atomic E-state index is -2.66. The van der Waals surface area contributed by atoms with E-state index in [4.69, 9.17) is 0 Å². The van der Waals surface area contributed by atoms with Gasteiger partial charge in [-0.3, -0.25) is 19.4 Å². The molecule has 1 saturated carbocycles. The average molecular weight is 501 g/mol. The second-order valence-corrected chi connectivity index (χ2v) is 8.98. The van der Waals surface area contributed by atoms with Crippen molar-refractivity contribution in [1.82, 2.24) is 20.9 Å². The van der Waals surface area contributed by atoms with Crippen LogP contribution in [0.25, 0.3) is 0 Å². The monoisotopic (exact) mass is 500 g/mol. The van der Waals surface area contributed by atoms with Crippen molar-refractivity contribution in [1.29, 1.82) is 0 Å². The molecule has 1 aromatic heterocycles. The lowest BCUT2D eigenvalue weighted by molar-refractivity contribution is -0.139. The van der Waals surface area contributed by atoms with E-state index in [2.05, 4.69) is 20.9 Å². The summed E-state index contributed by atoms with van der Waals surface area (Å²) in [7, 11) is 0. The van der Waals surface area contributed by atoms with Crippen LogP contribution in [0.4, 0.5) is 13.6 Å². The van der Waals surface area contributed by atoms with Gasteiger partial charge in [-0.15, -0.1) is 0 Å². The number of hydrogen-bond acceptors (Lipinski definition) is 5. The molecule has 0 radical (unpaired) electrons. The lowest BCUT2D eigenvalue weighted by atomic mass is 9.84. The van der Waals surface area contributed by atoms with E-state index in [1.54, 1.807) is 54.7 Å². The molecule has 2 aromatic rings. The van der Waals surface area contributed by atoms with Gasteiger partial charge in [0.1, 0.15) is 6.04 Å². The fraction of sp³-hybridized carbons (Fsp3) is 0.423. The maximum Gasteiger partial charge on any atom is 0.315 e. The van der Waals surface area contributed by atoms with E-state index in [0.29, 0.717) is 5.69 Å². The zero-order valence-corrected chi connectivity index (χ0v) is 19.8. The first-order chi connectivity index (χ1) is 17.2. The van der Waals surface area contributed by atoms with E-state index < -0.39 is 29.7 Å². The zero-order valence-electron chi connectivity index (χ0n) is 19.8. The molecule has 8 nitrogen and oxygen atoms in total. The molecule has 1 aromatic carbocycles. The highest BCUT2D eigenvalue weighted by atomic mass is 19.3. The van der Waals surface area contributed by atoms with E-state index in [0.717, 1.165) is 5.56 Å². The minimum Gasteiger partial charge on any atom is -0.344 e. The van der Waals surface area contributed by atoms with Gasteiger partial charge in [0.15, 0.2) is 5.78 Å². The first-order valence-electron chi connectivity index (χ1n) is 11.9. The Balaban J connectivity index is 1.52. The molecular weight excluding hydrogens is 470 g/mol. The number of carbonyl (C=O) groups excluding carboxylic acids is 4. The number of amides is 3. The van der Waals surface area contributed by atoms with Gasteiger partial charge in [0.05, 0.1) is 18.8 Å². The van der Waals surface area contributed by atoms with Crippen molar-refractivity contribution in [3.05, 3.63) is 66.0 Å². The van der Waals surface area contributed by atoms with Crippen molar-refractivity contribution in [3.63, 3.8) is 0 Å². The molecule has 36 heavy (non-hydrogen) atoms. The van der Waals surface area contributed by atoms with Gasteiger partial charge in [-0.1, -0.05) is 36.4 Å². The molecule has 1 aliphatic rings. The van der Waals surface area contributed by atoms with E-state index in [1.807, 2.05) is 0 Å². The summed E-state index contributed by atoms with van der Waals surface area (Å²) in [5, 5.41) is 7.41. The average Bonchev–Trinajstić information content (AvgIpc) is 2.87. The van der Waals surface area contributed by atoms with E-state index in [1.165, 1.54) is 0 Å². The fourth-order valence-electron chi connectivity index (χ4n) is 4.06. The molecule has 0 saturated heterocycles. The van der Waals surface area contributed by atoms with Gasteiger partial charge in [-0.2, -0.15) is 0 Å². The summed E-state index contributed by atoms with van der Waals surface area (Å²) >= 11 is 0. The summed E-state index contributed by atoms with van der Waals surface area (Å²) in [6, 6.07) is 12.1. The molecule has 0 bridgehead atoms. The van der Waals surface area contributed by atoms with Crippen LogP contribution in [-0.4, -0.2) is 47.0 Å². The predicted octanol–water partition coefficient (Wildman–Crippen LogP) is 2.96. The Labute approximate surface area is 208 Å². The number of Topliss-reactive ketones (excluding diaryl/α,β-unsaturated/α-hetero) is 2. The summed E-state index contributed by atoms with van der Waals surface area (Å²) in [5.74, 6) is -4.77. The summed E-state index contributed by atoms with van der Waals surface area (Å²) in [5.41, 5.74) is 1.31. The van der Waals surface area contributed by atoms with Gasteiger partial charge in [0.25, 0.3) is 5.91 Å². The third-order valence-electron chi connectivity index (χ3n) is 6.08. The molecule has 1 heterocycles. The van der Waals surface area contributed by atoms with Crippen LogP contribution < -0.4 is 16.0 Å². The van der Waals surface area contributed by atoms with Crippen LogP contribution in [0.3, 0.4) is 0 Å². The van der Waals surface area contributed by atoms with Crippen molar-refractivity contribution < 1.29 is 28.0 Å². The van der Waals surface area contributed by atoms with Crippen LogP contribution in [0.2, 0.25) is 0 Å². The second-order valence-electron chi connectivity index (χ2n) is 8.98. The number of alkyl halides is 2. The van der Waals surface area contributed by atoms with Crippen molar-refractivity contribution in [2.45, 2.75) is 57.0 Å². The number of nitrogens with one attached hydrogen (secondary N) is 3. The van der Waals surface area contributed by atoms with Gasteiger partial charge >= 0.3 is 6.03 Å². The topological polar surface area (TPSA) is 117 Å². The van der Waals surface area contributed by atoms with Crippen molar-refractivity contribution in [2.24, 2.45) is 5.92 Å².